The zero-order chi connectivity index (χ0) is 12.6. The second-order valence-corrected chi connectivity index (χ2v) is 4.66. The molecule has 0 fully saturated rings. The molecule has 16 heavy (non-hydrogen) atoms. The summed E-state index contributed by atoms with van der Waals surface area (Å²) in [6.45, 7) is 4.58. The van der Waals surface area contributed by atoms with Crippen LogP contribution >= 0.6 is 11.6 Å². The van der Waals surface area contributed by atoms with Gasteiger partial charge >= 0.3 is 0 Å². The van der Waals surface area contributed by atoms with E-state index < -0.39 is 5.91 Å². The van der Waals surface area contributed by atoms with Crippen LogP contribution in [0.2, 0.25) is 0 Å². The van der Waals surface area contributed by atoms with E-state index in [1.54, 1.807) is 0 Å². The zero-order valence-corrected chi connectivity index (χ0v) is 10.8. The van der Waals surface area contributed by atoms with Crippen molar-refractivity contribution in [3.63, 3.8) is 0 Å². The second kappa shape index (κ2) is 8.39. The summed E-state index contributed by atoms with van der Waals surface area (Å²) in [5.74, 6) is 0.410. The third-order valence-corrected chi connectivity index (χ3v) is 2.33. The van der Waals surface area contributed by atoms with E-state index in [2.05, 4.69) is 0 Å². The standard InChI is InChI=1S/C11H21ClN2O2/c1-9(2)7-14(8-10(13)15)11(16)5-3-4-6-12/h9H,3-8H2,1-2H3,(H2,13,15). The molecule has 0 rings (SSSR count). The van der Waals surface area contributed by atoms with Gasteiger partial charge in [-0.2, -0.15) is 0 Å². The van der Waals surface area contributed by atoms with Crippen molar-refractivity contribution in [1.29, 1.82) is 0 Å². The average Bonchev–Trinajstić information content (AvgIpc) is 2.15. The Morgan fingerprint density at radius 2 is 1.94 bits per heavy atom. The van der Waals surface area contributed by atoms with Gasteiger partial charge in [0.15, 0.2) is 0 Å². The number of rotatable bonds is 8. The lowest BCUT2D eigenvalue weighted by atomic mass is 10.1. The van der Waals surface area contributed by atoms with E-state index in [4.69, 9.17) is 17.3 Å². The van der Waals surface area contributed by atoms with E-state index in [1.807, 2.05) is 13.8 Å². The van der Waals surface area contributed by atoms with Crippen LogP contribution in [0.1, 0.15) is 33.1 Å². The van der Waals surface area contributed by atoms with Crippen LogP contribution in [0.5, 0.6) is 0 Å². The highest BCUT2D eigenvalue weighted by molar-refractivity contribution is 6.17. The molecule has 0 heterocycles. The summed E-state index contributed by atoms with van der Waals surface area (Å²) in [6.07, 6.45) is 2.02. The maximum Gasteiger partial charge on any atom is 0.237 e. The molecular formula is C11H21ClN2O2. The summed E-state index contributed by atoms with van der Waals surface area (Å²) in [5, 5.41) is 0. The summed E-state index contributed by atoms with van der Waals surface area (Å²) in [6, 6.07) is 0. The Morgan fingerprint density at radius 3 is 2.38 bits per heavy atom. The molecule has 94 valence electrons. The number of alkyl halides is 1. The van der Waals surface area contributed by atoms with Crippen LogP contribution in [0.4, 0.5) is 0 Å². The number of carbonyl (C=O) groups excluding carboxylic acids is 2. The first kappa shape index (κ1) is 15.2. The molecule has 2 N–H and O–H groups in total. The van der Waals surface area contributed by atoms with E-state index in [1.165, 1.54) is 4.90 Å². The lowest BCUT2D eigenvalue weighted by molar-refractivity contribution is -0.135. The Kier molecular flexibility index (Phi) is 7.99. The average molecular weight is 249 g/mol. The third-order valence-electron chi connectivity index (χ3n) is 2.06. The van der Waals surface area contributed by atoms with E-state index in [9.17, 15) is 9.59 Å². The van der Waals surface area contributed by atoms with Crippen LogP contribution in [0.25, 0.3) is 0 Å². The van der Waals surface area contributed by atoms with E-state index in [0.717, 1.165) is 12.8 Å². The van der Waals surface area contributed by atoms with Gasteiger partial charge in [0.1, 0.15) is 0 Å². The maximum absolute atomic E-state index is 11.8. The molecule has 0 aromatic carbocycles. The number of hydrogen-bond acceptors (Lipinski definition) is 2. The molecule has 0 saturated heterocycles. The van der Waals surface area contributed by atoms with Gasteiger partial charge in [-0.3, -0.25) is 9.59 Å². The zero-order valence-electron chi connectivity index (χ0n) is 10.0. The highest BCUT2D eigenvalue weighted by atomic mass is 35.5. The fourth-order valence-electron chi connectivity index (χ4n) is 1.41. The van der Waals surface area contributed by atoms with Crippen LogP contribution in [0, 0.1) is 5.92 Å². The second-order valence-electron chi connectivity index (χ2n) is 4.28. The van der Waals surface area contributed by atoms with Gasteiger partial charge in [0.2, 0.25) is 11.8 Å². The normalized spacial score (nSPS) is 10.5. The first-order valence-electron chi connectivity index (χ1n) is 5.59. The molecule has 0 aliphatic carbocycles. The molecule has 0 spiro atoms. The van der Waals surface area contributed by atoms with Crippen LogP contribution in [-0.4, -0.2) is 35.7 Å². The van der Waals surface area contributed by atoms with Crippen molar-refractivity contribution < 1.29 is 9.59 Å². The van der Waals surface area contributed by atoms with E-state index in [-0.39, 0.29) is 12.5 Å². The smallest absolute Gasteiger partial charge is 0.237 e. The lowest BCUT2D eigenvalue weighted by Gasteiger charge is -2.23. The largest absolute Gasteiger partial charge is 0.368 e. The van der Waals surface area contributed by atoms with Gasteiger partial charge < -0.3 is 10.6 Å². The molecule has 0 aliphatic rings. The predicted molar refractivity (Wildman–Crippen MR) is 65.2 cm³/mol. The minimum absolute atomic E-state index is 0.0118. The van der Waals surface area contributed by atoms with Gasteiger partial charge in [0.05, 0.1) is 6.54 Å². The van der Waals surface area contributed by atoms with E-state index in [0.29, 0.717) is 24.8 Å². The minimum Gasteiger partial charge on any atom is -0.368 e. The summed E-state index contributed by atoms with van der Waals surface area (Å²) in [4.78, 5) is 24.1. The number of amides is 2. The fourth-order valence-corrected chi connectivity index (χ4v) is 1.60. The predicted octanol–water partition coefficient (Wildman–Crippen LogP) is 1.37. The molecule has 0 bridgehead atoms. The molecule has 0 aromatic rings. The fraction of sp³-hybridized carbons (Fsp3) is 0.818. The van der Waals surface area contributed by atoms with Crippen molar-refractivity contribution in [2.75, 3.05) is 19.0 Å². The number of halogens is 1. The van der Waals surface area contributed by atoms with Gasteiger partial charge in [0, 0.05) is 18.8 Å². The molecule has 0 radical (unpaired) electrons. The van der Waals surface area contributed by atoms with Gasteiger partial charge in [-0.15, -0.1) is 11.6 Å². The third kappa shape index (κ3) is 7.51. The van der Waals surface area contributed by atoms with Gasteiger partial charge in [0.25, 0.3) is 0 Å². The van der Waals surface area contributed by atoms with Crippen molar-refractivity contribution in [2.45, 2.75) is 33.1 Å². The topological polar surface area (TPSA) is 63.4 Å². The van der Waals surface area contributed by atoms with Crippen LogP contribution in [0.3, 0.4) is 0 Å². The molecule has 0 saturated carbocycles. The minimum atomic E-state index is -0.466. The van der Waals surface area contributed by atoms with Crippen molar-refractivity contribution >= 4 is 23.4 Å². The molecule has 0 atom stereocenters. The number of hydrogen-bond donors (Lipinski definition) is 1. The monoisotopic (exact) mass is 248 g/mol. The van der Waals surface area contributed by atoms with Gasteiger partial charge in [-0.05, 0) is 18.8 Å². The molecule has 0 aliphatic heterocycles. The highest BCUT2D eigenvalue weighted by Crippen LogP contribution is 2.05. The first-order valence-corrected chi connectivity index (χ1v) is 6.12. The van der Waals surface area contributed by atoms with Crippen LogP contribution < -0.4 is 5.73 Å². The van der Waals surface area contributed by atoms with Crippen molar-refractivity contribution in [2.24, 2.45) is 11.7 Å². The number of primary amides is 1. The van der Waals surface area contributed by atoms with Crippen LogP contribution in [0.15, 0.2) is 0 Å². The maximum atomic E-state index is 11.8. The Bertz CT molecular complexity index is 232. The molecule has 2 amide bonds. The quantitative estimate of drug-likeness (QED) is 0.521. The SMILES string of the molecule is CC(C)CN(CC(N)=O)C(=O)CCCCCl. The number of nitrogens with two attached hydrogens (primary N) is 1. The van der Waals surface area contributed by atoms with Crippen molar-refractivity contribution in [3.8, 4) is 0 Å². The van der Waals surface area contributed by atoms with Crippen molar-refractivity contribution in [3.05, 3.63) is 0 Å². The van der Waals surface area contributed by atoms with E-state index >= 15 is 0 Å². The number of carbonyl (C=O) groups is 2. The Hall–Kier alpha value is -0.770. The summed E-state index contributed by atoms with van der Waals surface area (Å²) < 4.78 is 0. The lowest BCUT2D eigenvalue weighted by Crippen LogP contribution is -2.40. The number of unbranched alkanes of at least 4 members (excludes halogenated alkanes) is 1. The Labute approximate surface area is 102 Å². The molecule has 5 heteroatoms. The Morgan fingerprint density at radius 1 is 1.31 bits per heavy atom. The molecule has 0 unspecified atom stereocenters. The number of nitrogens with zero attached hydrogens (tertiary/aromatic N) is 1. The van der Waals surface area contributed by atoms with Crippen LogP contribution in [-0.2, 0) is 9.59 Å². The Balaban J connectivity index is 4.15. The summed E-state index contributed by atoms with van der Waals surface area (Å²) >= 11 is 5.53. The summed E-state index contributed by atoms with van der Waals surface area (Å²) in [7, 11) is 0. The molecule has 0 aromatic heterocycles. The van der Waals surface area contributed by atoms with Gasteiger partial charge in [-0.1, -0.05) is 13.8 Å². The highest BCUT2D eigenvalue weighted by Gasteiger charge is 2.16. The molecular weight excluding hydrogens is 228 g/mol. The molecule has 4 nitrogen and oxygen atoms in total. The van der Waals surface area contributed by atoms with Crippen molar-refractivity contribution in [1.82, 2.24) is 4.90 Å². The summed E-state index contributed by atoms with van der Waals surface area (Å²) in [5.41, 5.74) is 5.11. The van der Waals surface area contributed by atoms with Gasteiger partial charge in [-0.25, -0.2) is 0 Å². The first-order chi connectivity index (χ1) is 7.47.